The van der Waals surface area contributed by atoms with Crippen LogP contribution in [0, 0.1) is 0 Å². The zero-order chi connectivity index (χ0) is 71.8. The Morgan fingerprint density at radius 3 is 0.646 bits per heavy atom. The molecule has 1 aliphatic rings. The molecule has 24 heteroatoms. The van der Waals surface area contributed by atoms with Crippen LogP contribution in [0.25, 0.3) is 0 Å². The molecule has 0 bridgehead atoms. The average molecular weight is 1380 g/mol. The third kappa shape index (κ3) is 18.3. The Labute approximate surface area is 565 Å². The first-order valence-corrected chi connectivity index (χ1v) is 36.0. The molecular formula is C72H92N3O18P3. The fraction of sp³-hybridized carbons (Fsp3) is 0.417. The van der Waals surface area contributed by atoms with E-state index in [2.05, 4.69) is 9.72 Å². The molecule has 0 amide bonds. The van der Waals surface area contributed by atoms with Crippen LogP contribution in [-0.4, -0.2) is 35.8 Å². The monoisotopic (exact) mass is 1380 g/mol. The molecule has 6 aromatic carbocycles. The van der Waals surface area contributed by atoms with Gasteiger partial charge in [-0.2, -0.15) is 0 Å². The number of rotatable bonds is 18. The number of hydrogen-bond donors (Lipinski definition) is 2. The second-order valence-electron chi connectivity index (χ2n) is 29.7. The van der Waals surface area contributed by atoms with Crippen molar-refractivity contribution in [2.24, 2.45) is 4.52 Å². The van der Waals surface area contributed by atoms with E-state index in [1.165, 1.54) is 41.5 Å². The molecular weight excluding hydrogens is 1290 g/mol. The maximum absolute atomic E-state index is 12.9. The van der Waals surface area contributed by atoms with Crippen LogP contribution in [0.15, 0.2) is 114 Å². The molecule has 1 heterocycles. The van der Waals surface area contributed by atoms with Gasteiger partial charge in [-0.05, 0) is 0 Å². The maximum atomic E-state index is 12.9. The van der Waals surface area contributed by atoms with Gasteiger partial charge in [-0.25, -0.2) is 0 Å². The summed E-state index contributed by atoms with van der Waals surface area (Å²) in [4.78, 5) is 84.3. The topological polar surface area (TPSA) is 250 Å². The summed E-state index contributed by atoms with van der Waals surface area (Å²) in [6.45, 7) is 42.5. The summed E-state index contributed by atoms with van der Waals surface area (Å²) < 4.78 is 87.3. The van der Waals surface area contributed by atoms with E-state index in [0.717, 1.165) is 0 Å². The molecule has 518 valence electrons. The molecule has 1 aliphatic heterocycles. The van der Waals surface area contributed by atoms with Crippen molar-refractivity contribution < 1.29 is 84.3 Å². The quantitative estimate of drug-likeness (QED) is 0.0461. The summed E-state index contributed by atoms with van der Waals surface area (Å²) in [5.74, 6) is -2.04. The SMILES string of the molecule is CC(=O)Oc1ccc(OP2(Oc3ccc(OC(C)=O)c(C(C)(C)C)c3)(Oc3ccc(OC(C)=O)c(C(C)(C)C)c3)N=PNP(Oc3ccc(OC(C)=O)c(C(C)(C)C)c3)(Oc3ccc(OC(C)=O)c(C(C)(C)C)c3)(Oc3ccc(OC(C)=O)c(C(C)(C)C)c3)N2)cc1C(C)(C)C. The van der Waals surface area contributed by atoms with Crippen molar-refractivity contribution in [1.29, 1.82) is 0 Å². The molecule has 0 spiro atoms. The average Bonchev–Trinajstić information content (AvgIpc) is 0.685. The van der Waals surface area contributed by atoms with Crippen molar-refractivity contribution in [2.45, 2.75) is 199 Å². The Kier molecular flexibility index (Phi) is 21.2. The van der Waals surface area contributed by atoms with Crippen molar-refractivity contribution in [2.75, 3.05) is 0 Å². The van der Waals surface area contributed by atoms with Crippen LogP contribution in [0.2, 0.25) is 0 Å². The molecule has 2 N–H and O–H groups in total. The summed E-state index contributed by atoms with van der Waals surface area (Å²) in [7, 11) is -12.9. The van der Waals surface area contributed by atoms with Gasteiger partial charge in [-0.1, -0.05) is 0 Å². The van der Waals surface area contributed by atoms with Gasteiger partial charge in [0.25, 0.3) is 0 Å². The number of benzene rings is 6. The van der Waals surface area contributed by atoms with Crippen molar-refractivity contribution >= 4 is 59.5 Å². The molecule has 0 fully saturated rings. The van der Waals surface area contributed by atoms with E-state index in [1.54, 1.807) is 109 Å². The van der Waals surface area contributed by atoms with E-state index in [-0.39, 0.29) is 77.5 Å². The van der Waals surface area contributed by atoms with Gasteiger partial charge in [0.2, 0.25) is 0 Å². The fourth-order valence-electron chi connectivity index (χ4n) is 10.4. The van der Waals surface area contributed by atoms with E-state index in [0.29, 0.717) is 33.4 Å². The molecule has 0 radical (unpaired) electrons. The zero-order valence-electron chi connectivity index (χ0n) is 59.5. The molecule has 0 aromatic heterocycles. The van der Waals surface area contributed by atoms with Crippen molar-refractivity contribution in [3.8, 4) is 69.0 Å². The Balaban J connectivity index is 1.80. The van der Waals surface area contributed by atoms with Crippen LogP contribution < -0.4 is 65.3 Å². The van der Waals surface area contributed by atoms with Gasteiger partial charge in [0.05, 0.1) is 0 Å². The summed E-state index contributed by atoms with van der Waals surface area (Å²) in [5.41, 5.74) is -1.52. The van der Waals surface area contributed by atoms with Gasteiger partial charge in [0.1, 0.15) is 0 Å². The van der Waals surface area contributed by atoms with Crippen LogP contribution in [0.5, 0.6) is 69.0 Å². The Hall–Kier alpha value is -8.18. The van der Waals surface area contributed by atoms with Gasteiger partial charge in [-0.3, -0.25) is 0 Å². The number of carbonyl (C=O) groups is 6. The minimum absolute atomic E-state index is 0.0147. The van der Waals surface area contributed by atoms with Crippen LogP contribution >= 0.6 is 23.7 Å². The molecule has 0 saturated heterocycles. The molecule has 0 atom stereocenters. The Bertz CT molecular complexity index is 3680. The molecule has 96 heavy (non-hydrogen) atoms. The molecule has 21 nitrogen and oxygen atoms in total. The predicted molar refractivity (Wildman–Crippen MR) is 372 cm³/mol. The molecule has 0 aliphatic carbocycles. The Morgan fingerprint density at radius 1 is 0.302 bits per heavy atom. The number of ether oxygens (including phenoxy) is 6. The second kappa shape index (κ2) is 27.0. The first-order valence-electron chi connectivity index (χ1n) is 31.2. The molecule has 7 rings (SSSR count). The fourth-order valence-corrected chi connectivity index (χ4v) is 20.6. The first kappa shape index (κ1) is 75.2. The van der Waals surface area contributed by atoms with Gasteiger partial charge < -0.3 is 0 Å². The summed E-state index contributed by atoms with van der Waals surface area (Å²) >= 11 is 0. The summed E-state index contributed by atoms with van der Waals surface area (Å²) in [5, 5.41) is 0. The van der Waals surface area contributed by atoms with Crippen LogP contribution in [-0.2, 0) is 61.3 Å². The number of carbonyl (C=O) groups excluding carboxylic acids is 6. The number of nitrogens with zero attached hydrogens (tertiary/aromatic N) is 1. The molecule has 6 aromatic rings. The summed E-state index contributed by atoms with van der Waals surface area (Å²) in [6, 6.07) is 28.8. The van der Waals surface area contributed by atoms with E-state index in [4.69, 9.17) is 60.1 Å². The van der Waals surface area contributed by atoms with Crippen molar-refractivity contribution in [1.82, 2.24) is 9.72 Å². The molecule has 0 saturated carbocycles. The van der Waals surface area contributed by atoms with E-state index in [9.17, 15) is 28.8 Å². The number of nitrogens with one attached hydrogen (secondary N) is 2. The van der Waals surface area contributed by atoms with Gasteiger partial charge in [0, 0.05) is 0 Å². The molecule has 0 unspecified atom stereocenters. The summed E-state index contributed by atoms with van der Waals surface area (Å²) in [6.07, 6.45) is 0. The standard InChI is InChI=1S/C72H92N3O18P3/c1-43(76)82-61-31-25-49(37-55(61)67(7,8)9)88-95(89-50-26-32-62(83-44(2)77)56(38-50)68(10,11)12,90-51-27-33-63(84-45(3)78)57(39-51)69(13,14)15)73-94-74-96(75-95,91-52-28-34-64(85-46(4)79)58(40-52)70(16,17)18,92-53-29-35-65(86-47(5)80)59(41-53)71(19,20)21)93-54-30-36-66(87-48(6)81)60(42-54)72(22,23)24/h25-42,75H,1-24H3,(H,73,74). The second-order valence-corrected chi connectivity index (χ2v) is 36.7. The van der Waals surface area contributed by atoms with Crippen LogP contribution in [0.4, 0.5) is 0 Å². The van der Waals surface area contributed by atoms with E-state index >= 15 is 0 Å². The number of hydrogen-bond acceptors (Lipinski definition) is 21. The van der Waals surface area contributed by atoms with Crippen molar-refractivity contribution in [3.05, 3.63) is 143 Å². The van der Waals surface area contributed by atoms with Gasteiger partial charge >= 0.3 is 568 Å². The predicted octanol–water partition coefficient (Wildman–Crippen LogP) is 18.3. The third-order valence-corrected chi connectivity index (χ3v) is 23.7. The Morgan fingerprint density at radius 2 is 0.479 bits per heavy atom. The number of esters is 6. The third-order valence-electron chi connectivity index (χ3n) is 14.4. The first-order chi connectivity index (χ1) is 44.0. The van der Waals surface area contributed by atoms with Crippen LogP contribution in [0.1, 0.15) is 200 Å². The van der Waals surface area contributed by atoms with Gasteiger partial charge in [-0.15, -0.1) is 0 Å². The zero-order valence-corrected chi connectivity index (χ0v) is 62.2. The minimum atomic E-state index is -6.38. The van der Waals surface area contributed by atoms with Crippen LogP contribution in [0.3, 0.4) is 0 Å². The van der Waals surface area contributed by atoms with Gasteiger partial charge in [0.15, 0.2) is 0 Å². The van der Waals surface area contributed by atoms with Crippen molar-refractivity contribution in [3.63, 3.8) is 0 Å². The van der Waals surface area contributed by atoms with E-state index in [1.807, 2.05) is 125 Å². The van der Waals surface area contributed by atoms with E-state index < -0.39 is 83.5 Å². The normalized spacial score (nSPS) is 16.0.